The van der Waals surface area contributed by atoms with Crippen LogP contribution in [0.4, 0.5) is 0 Å². The van der Waals surface area contributed by atoms with Crippen molar-refractivity contribution < 1.29 is 9.53 Å². The number of benzene rings is 1. The summed E-state index contributed by atoms with van der Waals surface area (Å²) in [6.45, 7) is 1.41. The molecule has 1 unspecified atom stereocenters. The van der Waals surface area contributed by atoms with Gasteiger partial charge in [-0.2, -0.15) is 0 Å². The Bertz CT molecular complexity index is 453. The van der Waals surface area contributed by atoms with Gasteiger partial charge in [0.2, 0.25) is 5.91 Å². The van der Waals surface area contributed by atoms with E-state index in [2.05, 4.69) is 5.32 Å². The number of amides is 1. The molecule has 1 aliphatic heterocycles. The highest BCUT2D eigenvalue weighted by molar-refractivity contribution is 7.80. The van der Waals surface area contributed by atoms with Crippen LogP contribution in [-0.2, 0) is 16.0 Å². The fraction of sp³-hybridized carbons (Fsp3) is 0.429. The largest absolute Gasteiger partial charge is 0.389 e. The smallest absolute Gasteiger partial charge is 0.224 e. The Hall–Kier alpha value is -1.46. The molecule has 5 heteroatoms. The number of nitrogens with two attached hydrogens (primary N) is 1. The normalized spacial score (nSPS) is 18.2. The van der Waals surface area contributed by atoms with Crippen LogP contribution in [0.5, 0.6) is 0 Å². The van der Waals surface area contributed by atoms with E-state index in [0.29, 0.717) is 18.0 Å². The zero-order valence-electron chi connectivity index (χ0n) is 10.7. The van der Waals surface area contributed by atoms with Crippen molar-refractivity contribution in [2.24, 2.45) is 5.73 Å². The molecule has 102 valence electrons. The van der Waals surface area contributed by atoms with Crippen LogP contribution in [0.2, 0.25) is 0 Å². The molecular weight excluding hydrogens is 260 g/mol. The van der Waals surface area contributed by atoms with Gasteiger partial charge in [-0.1, -0.05) is 36.5 Å². The van der Waals surface area contributed by atoms with Gasteiger partial charge in [-0.15, -0.1) is 0 Å². The topological polar surface area (TPSA) is 64.4 Å². The highest BCUT2D eigenvalue weighted by Crippen LogP contribution is 2.10. The van der Waals surface area contributed by atoms with Crippen molar-refractivity contribution in [1.29, 1.82) is 0 Å². The number of thiocarbonyl (C=S) groups is 1. The SMILES string of the molecule is NC(=S)c1ccc(CC(=O)NCC2CCCO2)cc1. The highest BCUT2D eigenvalue weighted by atomic mass is 32.1. The zero-order chi connectivity index (χ0) is 13.7. The van der Waals surface area contributed by atoms with Crippen molar-refractivity contribution in [1.82, 2.24) is 5.32 Å². The van der Waals surface area contributed by atoms with Crippen molar-refractivity contribution in [3.8, 4) is 0 Å². The van der Waals surface area contributed by atoms with Crippen LogP contribution in [0.3, 0.4) is 0 Å². The number of hydrogen-bond acceptors (Lipinski definition) is 3. The van der Waals surface area contributed by atoms with Gasteiger partial charge in [0.1, 0.15) is 4.99 Å². The molecule has 1 heterocycles. The van der Waals surface area contributed by atoms with Crippen LogP contribution in [0.15, 0.2) is 24.3 Å². The van der Waals surface area contributed by atoms with Crippen LogP contribution in [0, 0.1) is 0 Å². The minimum atomic E-state index is 0.0126. The summed E-state index contributed by atoms with van der Waals surface area (Å²) in [6.07, 6.45) is 2.66. The molecule has 0 saturated carbocycles. The Morgan fingerprint density at radius 1 is 1.42 bits per heavy atom. The maximum Gasteiger partial charge on any atom is 0.224 e. The standard InChI is InChI=1S/C14H18N2O2S/c15-14(19)11-5-3-10(4-6-11)8-13(17)16-9-12-2-1-7-18-12/h3-6,12H,1-2,7-9H2,(H2,15,19)(H,16,17). The van der Waals surface area contributed by atoms with Gasteiger partial charge in [-0.3, -0.25) is 4.79 Å². The summed E-state index contributed by atoms with van der Waals surface area (Å²) in [5.41, 5.74) is 7.29. The van der Waals surface area contributed by atoms with Crippen molar-refractivity contribution in [3.63, 3.8) is 0 Å². The quantitative estimate of drug-likeness (QED) is 0.793. The van der Waals surface area contributed by atoms with Gasteiger partial charge in [0.15, 0.2) is 0 Å². The van der Waals surface area contributed by atoms with Crippen LogP contribution < -0.4 is 11.1 Å². The number of ether oxygens (including phenoxy) is 1. The van der Waals surface area contributed by atoms with E-state index in [9.17, 15) is 4.79 Å². The summed E-state index contributed by atoms with van der Waals surface area (Å²) in [7, 11) is 0. The van der Waals surface area contributed by atoms with Gasteiger partial charge in [0, 0.05) is 18.7 Å². The minimum Gasteiger partial charge on any atom is -0.389 e. The monoisotopic (exact) mass is 278 g/mol. The molecule has 4 nitrogen and oxygen atoms in total. The van der Waals surface area contributed by atoms with Gasteiger partial charge in [0.25, 0.3) is 0 Å². The van der Waals surface area contributed by atoms with Crippen molar-refractivity contribution in [3.05, 3.63) is 35.4 Å². The maximum atomic E-state index is 11.8. The van der Waals surface area contributed by atoms with E-state index in [0.717, 1.165) is 30.6 Å². The predicted molar refractivity (Wildman–Crippen MR) is 78.0 cm³/mol. The van der Waals surface area contributed by atoms with Gasteiger partial charge in [-0.05, 0) is 18.4 Å². The third-order valence-electron chi connectivity index (χ3n) is 3.15. The molecule has 1 aromatic carbocycles. The maximum absolute atomic E-state index is 11.8. The van der Waals surface area contributed by atoms with E-state index in [-0.39, 0.29) is 12.0 Å². The number of carbonyl (C=O) groups is 1. The second-order valence-electron chi connectivity index (χ2n) is 4.68. The number of rotatable bonds is 5. The molecule has 0 bridgehead atoms. The molecule has 19 heavy (non-hydrogen) atoms. The number of hydrogen-bond donors (Lipinski definition) is 2. The first-order chi connectivity index (χ1) is 9.15. The van der Waals surface area contributed by atoms with Crippen LogP contribution >= 0.6 is 12.2 Å². The van der Waals surface area contributed by atoms with Crippen LogP contribution in [-0.4, -0.2) is 30.2 Å². The molecule has 1 fully saturated rings. The average Bonchev–Trinajstić information content (AvgIpc) is 2.90. The summed E-state index contributed by atoms with van der Waals surface area (Å²) in [4.78, 5) is 12.1. The van der Waals surface area contributed by atoms with Crippen molar-refractivity contribution in [2.45, 2.75) is 25.4 Å². The molecule has 2 rings (SSSR count). The van der Waals surface area contributed by atoms with E-state index >= 15 is 0 Å². The lowest BCUT2D eigenvalue weighted by Gasteiger charge is -2.10. The lowest BCUT2D eigenvalue weighted by Crippen LogP contribution is -2.32. The van der Waals surface area contributed by atoms with Crippen molar-refractivity contribution >= 4 is 23.1 Å². The molecule has 0 radical (unpaired) electrons. The first kappa shape index (κ1) is 14.0. The third kappa shape index (κ3) is 4.29. The van der Waals surface area contributed by atoms with E-state index in [1.165, 1.54) is 0 Å². The fourth-order valence-corrected chi connectivity index (χ4v) is 2.20. The molecular formula is C14H18N2O2S. The Kier molecular flexibility index (Phi) is 4.87. The fourth-order valence-electron chi connectivity index (χ4n) is 2.07. The number of carbonyl (C=O) groups excluding carboxylic acids is 1. The lowest BCUT2D eigenvalue weighted by atomic mass is 10.1. The Labute approximate surface area is 118 Å². The predicted octanol–water partition coefficient (Wildman–Crippen LogP) is 1.16. The van der Waals surface area contributed by atoms with Crippen LogP contribution in [0.25, 0.3) is 0 Å². The van der Waals surface area contributed by atoms with E-state index in [1.54, 1.807) is 0 Å². The average molecular weight is 278 g/mol. The van der Waals surface area contributed by atoms with Gasteiger partial charge < -0.3 is 15.8 Å². The minimum absolute atomic E-state index is 0.0126. The van der Waals surface area contributed by atoms with Crippen molar-refractivity contribution in [2.75, 3.05) is 13.2 Å². The third-order valence-corrected chi connectivity index (χ3v) is 3.39. The summed E-state index contributed by atoms with van der Waals surface area (Å²) in [5.74, 6) is 0.0126. The first-order valence-electron chi connectivity index (χ1n) is 6.42. The van der Waals surface area contributed by atoms with Gasteiger partial charge >= 0.3 is 0 Å². The molecule has 3 N–H and O–H groups in total. The van der Waals surface area contributed by atoms with E-state index in [1.807, 2.05) is 24.3 Å². The highest BCUT2D eigenvalue weighted by Gasteiger charge is 2.16. The van der Waals surface area contributed by atoms with Crippen LogP contribution in [0.1, 0.15) is 24.0 Å². The molecule has 1 atom stereocenters. The molecule has 0 aliphatic carbocycles. The van der Waals surface area contributed by atoms with Gasteiger partial charge in [-0.25, -0.2) is 0 Å². The Morgan fingerprint density at radius 3 is 2.74 bits per heavy atom. The summed E-state index contributed by atoms with van der Waals surface area (Å²) >= 11 is 4.88. The first-order valence-corrected chi connectivity index (χ1v) is 6.83. The summed E-state index contributed by atoms with van der Waals surface area (Å²) in [6, 6.07) is 7.43. The summed E-state index contributed by atoms with van der Waals surface area (Å²) < 4.78 is 5.45. The Morgan fingerprint density at radius 2 is 2.16 bits per heavy atom. The second-order valence-corrected chi connectivity index (χ2v) is 5.12. The second kappa shape index (κ2) is 6.63. The molecule has 0 aromatic heterocycles. The Balaban J connectivity index is 1.79. The molecule has 1 amide bonds. The van der Waals surface area contributed by atoms with E-state index < -0.39 is 0 Å². The number of nitrogens with one attached hydrogen (secondary N) is 1. The molecule has 1 aromatic rings. The van der Waals surface area contributed by atoms with E-state index in [4.69, 9.17) is 22.7 Å². The molecule has 1 saturated heterocycles. The zero-order valence-corrected chi connectivity index (χ0v) is 11.5. The lowest BCUT2D eigenvalue weighted by molar-refractivity contribution is -0.120. The molecule has 1 aliphatic rings. The van der Waals surface area contributed by atoms with Gasteiger partial charge in [0.05, 0.1) is 12.5 Å². The molecule has 0 spiro atoms. The summed E-state index contributed by atoms with van der Waals surface area (Å²) in [5, 5.41) is 2.90.